The van der Waals surface area contributed by atoms with E-state index in [1.165, 1.54) is 22.7 Å². The van der Waals surface area contributed by atoms with E-state index in [4.69, 9.17) is 11.6 Å². The second-order valence-corrected chi connectivity index (χ2v) is 6.98. The first-order valence-corrected chi connectivity index (χ1v) is 9.06. The first kappa shape index (κ1) is 17.7. The number of benzene rings is 2. The Morgan fingerprint density at radius 1 is 1.16 bits per heavy atom. The Labute approximate surface area is 154 Å². The third-order valence-electron chi connectivity index (χ3n) is 3.80. The van der Waals surface area contributed by atoms with Crippen molar-refractivity contribution in [1.82, 2.24) is 9.88 Å². The van der Waals surface area contributed by atoms with E-state index >= 15 is 0 Å². The normalized spacial score (nSPS) is 10.8. The molecule has 3 aromatic rings. The molecule has 25 heavy (non-hydrogen) atoms. The van der Waals surface area contributed by atoms with Gasteiger partial charge in [0, 0.05) is 29.6 Å². The number of aromatic nitrogens is 1. The van der Waals surface area contributed by atoms with Crippen LogP contribution in [0.15, 0.2) is 59.6 Å². The molecular weight excluding hydrogens is 359 g/mol. The van der Waals surface area contributed by atoms with Crippen molar-refractivity contribution in [2.24, 2.45) is 0 Å². The number of nitrogens with zero attached hydrogens (tertiary/aromatic N) is 2. The molecule has 0 aliphatic heterocycles. The average molecular weight is 375 g/mol. The number of amides is 1. The van der Waals surface area contributed by atoms with E-state index in [0.717, 1.165) is 15.9 Å². The molecule has 0 aliphatic rings. The van der Waals surface area contributed by atoms with Crippen molar-refractivity contribution in [1.29, 1.82) is 0 Å². The molecule has 0 fully saturated rings. The van der Waals surface area contributed by atoms with Crippen molar-refractivity contribution in [2.45, 2.75) is 11.6 Å². The van der Waals surface area contributed by atoms with E-state index < -0.39 is 5.82 Å². The largest absolute Gasteiger partial charge is 0.341 e. The van der Waals surface area contributed by atoms with Gasteiger partial charge in [0.2, 0.25) is 5.91 Å². The molecule has 1 aromatic heterocycles. The predicted octanol–water partition coefficient (Wildman–Crippen LogP) is 4.78. The number of carbonyl (C=O) groups is 1. The van der Waals surface area contributed by atoms with Crippen molar-refractivity contribution in [3.8, 4) is 0 Å². The number of thioether (sulfide) groups is 1. The van der Waals surface area contributed by atoms with Crippen LogP contribution in [0, 0.1) is 5.82 Å². The van der Waals surface area contributed by atoms with Crippen LogP contribution in [0.2, 0.25) is 5.02 Å². The maximum Gasteiger partial charge on any atom is 0.233 e. The molecule has 0 saturated carbocycles. The fourth-order valence-corrected chi connectivity index (χ4v) is 3.42. The van der Waals surface area contributed by atoms with Crippen LogP contribution in [-0.4, -0.2) is 28.6 Å². The summed E-state index contributed by atoms with van der Waals surface area (Å²) in [5.74, 6) is -0.288. The summed E-state index contributed by atoms with van der Waals surface area (Å²) in [7, 11) is 1.64. The lowest BCUT2D eigenvalue weighted by Crippen LogP contribution is -2.28. The van der Waals surface area contributed by atoms with Crippen molar-refractivity contribution < 1.29 is 9.18 Å². The highest BCUT2D eigenvalue weighted by atomic mass is 35.5. The summed E-state index contributed by atoms with van der Waals surface area (Å²) in [5.41, 5.74) is 1.22. The molecule has 3 nitrogen and oxygen atoms in total. The lowest BCUT2D eigenvalue weighted by atomic mass is 10.2. The Hall–Kier alpha value is -2.11. The fourth-order valence-electron chi connectivity index (χ4n) is 2.38. The number of hydrogen-bond acceptors (Lipinski definition) is 3. The quantitative estimate of drug-likeness (QED) is 0.603. The van der Waals surface area contributed by atoms with E-state index in [9.17, 15) is 9.18 Å². The van der Waals surface area contributed by atoms with Gasteiger partial charge >= 0.3 is 0 Å². The van der Waals surface area contributed by atoms with Crippen LogP contribution in [0.25, 0.3) is 10.9 Å². The summed E-state index contributed by atoms with van der Waals surface area (Å²) < 4.78 is 13.8. The van der Waals surface area contributed by atoms with E-state index in [1.54, 1.807) is 19.2 Å². The number of hydrogen-bond donors (Lipinski definition) is 0. The molecule has 128 valence electrons. The molecule has 6 heteroatoms. The van der Waals surface area contributed by atoms with Gasteiger partial charge in [0.05, 0.1) is 16.3 Å². The minimum atomic E-state index is -0.406. The number of halogens is 2. The monoisotopic (exact) mass is 374 g/mol. The van der Waals surface area contributed by atoms with Crippen LogP contribution in [0.1, 0.15) is 5.56 Å². The van der Waals surface area contributed by atoms with E-state index in [2.05, 4.69) is 4.98 Å². The molecule has 0 N–H and O–H groups in total. The maximum atomic E-state index is 13.8. The Kier molecular flexibility index (Phi) is 5.56. The number of carbonyl (C=O) groups excluding carboxylic acids is 1. The van der Waals surface area contributed by atoms with Crippen LogP contribution < -0.4 is 0 Å². The molecule has 0 saturated heterocycles. The summed E-state index contributed by atoms with van der Waals surface area (Å²) in [4.78, 5) is 18.3. The number of rotatable bonds is 5. The molecule has 2 aromatic carbocycles. The van der Waals surface area contributed by atoms with Gasteiger partial charge in [-0.25, -0.2) is 9.37 Å². The highest BCUT2D eigenvalue weighted by Crippen LogP contribution is 2.22. The minimum absolute atomic E-state index is 0.112. The zero-order valence-electron chi connectivity index (χ0n) is 13.6. The lowest BCUT2D eigenvalue weighted by molar-refractivity contribution is -0.127. The highest BCUT2D eigenvalue weighted by molar-refractivity contribution is 7.99. The van der Waals surface area contributed by atoms with Crippen molar-refractivity contribution in [3.05, 3.63) is 71.0 Å². The number of para-hydroxylation sites is 1. The topological polar surface area (TPSA) is 33.2 Å². The predicted molar refractivity (Wildman–Crippen MR) is 100 cm³/mol. The van der Waals surface area contributed by atoms with Gasteiger partial charge in [-0.1, -0.05) is 53.7 Å². The molecule has 0 aliphatic carbocycles. The highest BCUT2D eigenvalue weighted by Gasteiger charge is 2.15. The fraction of sp³-hybridized carbons (Fsp3) is 0.158. The SMILES string of the molecule is CN(Cc1c(F)cccc1Cl)C(=O)CSc1ccc2ccccc2n1. The second kappa shape index (κ2) is 7.85. The summed E-state index contributed by atoms with van der Waals surface area (Å²) in [6, 6.07) is 16.2. The standard InChI is InChI=1S/C19H16ClFN2OS/c1-23(11-14-15(20)6-4-7-16(14)21)19(24)12-25-18-10-9-13-5-2-3-8-17(13)22-18/h2-10H,11-12H2,1H3. The van der Waals surface area contributed by atoms with Gasteiger partial charge in [-0.15, -0.1) is 0 Å². The zero-order chi connectivity index (χ0) is 17.8. The van der Waals surface area contributed by atoms with Gasteiger partial charge in [0.25, 0.3) is 0 Å². The summed E-state index contributed by atoms with van der Waals surface area (Å²) in [6.45, 7) is 0.135. The lowest BCUT2D eigenvalue weighted by Gasteiger charge is -2.18. The molecule has 0 radical (unpaired) electrons. The first-order chi connectivity index (χ1) is 12.0. The van der Waals surface area contributed by atoms with Crippen molar-refractivity contribution in [3.63, 3.8) is 0 Å². The minimum Gasteiger partial charge on any atom is -0.341 e. The Balaban J connectivity index is 1.63. The van der Waals surface area contributed by atoms with Gasteiger partial charge in [0.15, 0.2) is 0 Å². The number of fused-ring (bicyclic) bond motifs is 1. The molecule has 1 heterocycles. The van der Waals surface area contributed by atoms with Gasteiger partial charge in [-0.05, 0) is 24.3 Å². The molecule has 0 unspecified atom stereocenters. The first-order valence-electron chi connectivity index (χ1n) is 7.70. The van der Waals surface area contributed by atoms with Crippen molar-refractivity contribution >= 4 is 40.2 Å². The van der Waals surface area contributed by atoms with Gasteiger partial charge in [-0.3, -0.25) is 4.79 Å². The Morgan fingerprint density at radius 3 is 2.76 bits per heavy atom. The van der Waals surface area contributed by atoms with E-state index in [0.29, 0.717) is 10.6 Å². The van der Waals surface area contributed by atoms with Crippen LogP contribution >= 0.6 is 23.4 Å². The second-order valence-electron chi connectivity index (χ2n) is 5.58. The van der Waals surface area contributed by atoms with Gasteiger partial charge in [-0.2, -0.15) is 0 Å². The summed E-state index contributed by atoms with van der Waals surface area (Å²) in [6.07, 6.45) is 0. The van der Waals surface area contributed by atoms with E-state index in [-0.39, 0.29) is 18.2 Å². The smallest absolute Gasteiger partial charge is 0.233 e. The van der Waals surface area contributed by atoms with Crippen LogP contribution in [0.5, 0.6) is 0 Å². The van der Waals surface area contributed by atoms with Crippen LogP contribution in [-0.2, 0) is 11.3 Å². The molecule has 0 spiro atoms. The maximum absolute atomic E-state index is 13.8. The molecule has 3 rings (SSSR count). The molecular formula is C19H16ClFN2OS. The van der Waals surface area contributed by atoms with Gasteiger partial charge in [0.1, 0.15) is 5.82 Å². The third kappa shape index (κ3) is 4.30. The molecule has 0 atom stereocenters. The Bertz CT molecular complexity index is 899. The third-order valence-corrected chi connectivity index (χ3v) is 5.07. The van der Waals surface area contributed by atoms with Gasteiger partial charge < -0.3 is 4.90 Å². The van der Waals surface area contributed by atoms with Crippen LogP contribution in [0.4, 0.5) is 4.39 Å². The average Bonchev–Trinajstić information content (AvgIpc) is 2.62. The molecule has 0 bridgehead atoms. The summed E-state index contributed by atoms with van der Waals surface area (Å²) >= 11 is 7.38. The molecule has 1 amide bonds. The zero-order valence-corrected chi connectivity index (χ0v) is 15.1. The number of pyridine rings is 1. The Morgan fingerprint density at radius 2 is 1.96 bits per heavy atom. The van der Waals surface area contributed by atoms with Crippen LogP contribution in [0.3, 0.4) is 0 Å². The van der Waals surface area contributed by atoms with E-state index in [1.807, 2.05) is 36.4 Å². The van der Waals surface area contributed by atoms with Crippen molar-refractivity contribution in [2.75, 3.05) is 12.8 Å². The summed E-state index contributed by atoms with van der Waals surface area (Å²) in [5, 5.41) is 2.16.